The van der Waals surface area contributed by atoms with Gasteiger partial charge in [0.05, 0.1) is 16.6 Å². The minimum absolute atomic E-state index is 0.0282. The second-order valence-electron chi connectivity index (χ2n) is 6.80. The van der Waals surface area contributed by atoms with Crippen molar-refractivity contribution in [2.24, 2.45) is 5.73 Å². The number of nitrogens with two attached hydrogens (primary N) is 1. The molecule has 0 bridgehead atoms. The van der Waals surface area contributed by atoms with E-state index in [2.05, 4.69) is 20.3 Å². The van der Waals surface area contributed by atoms with E-state index in [4.69, 9.17) is 11.1 Å². The van der Waals surface area contributed by atoms with Gasteiger partial charge in [-0.2, -0.15) is 0 Å². The highest BCUT2D eigenvalue weighted by atomic mass is 16.3. The number of fused-ring (bicyclic) bond motifs is 1. The summed E-state index contributed by atoms with van der Waals surface area (Å²) in [5, 5.41) is 19.8. The zero-order chi connectivity index (χ0) is 21.1. The van der Waals surface area contributed by atoms with Gasteiger partial charge in [0, 0.05) is 18.3 Å². The number of aromatic hydroxyl groups is 1. The highest BCUT2D eigenvalue weighted by Gasteiger charge is 2.17. The molecule has 0 radical (unpaired) electrons. The molecule has 0 spiro atoms. The van der Waals surface area contributed by atoms with Crippen molar-refractivity contribution in [2.75, 3.05) is 6.54 Å². The molecule has 8 nitrogen and oxygen atoms in total. The van der Waals surface area contributed by atoms with Gasteiger partial charge in [-0.15, -0.1) is 0 Å². The average molecular weight is 400 g/mol. The van der Waals surface area contributed by atoms with Gasteiger partial charge in [-0.3, -0.25) is 15.2 Å². The molecule has 2 aromatic heterocycles. The average Bonchev–Trinajstić information content (AvgIpc) is 3.18. The summed E-state index contributed by atoms with van der Waals surface area (Å²) in [5.41, 5.74) is 9.41. The van der Waals surface area contributed by atoms with Gasteiger partial charge >= 0.3 is 0 Å². The maximum absolute atomic E-state index is 12.8. The first kappa shape index (κ1) is 19.1. The topological polar surface area (TPSA) is 141 Å². The second kappa shape index (κ2) is 8.04. The van der Waals surface area contributed by atoms with Crippen LogP contribution in [0.2, 0.25) is 0 Å². The lowest BCUT2D eigenvalue weighted by Gasteiger charge is -2.08. The van der Waals surface area contributed by atoms with Crippen LogP contribution < -0.4 is 11.1 Å². The molecule has 4 rings (SSSR count). The van der Waals surface area contributed by atoms with E-state index in [9.17, 15) is 9.90 Å². The molecule has 0 atom stereocenters. The molecule has 1 amide bonds. The van der Waals surface area contributed by atoms with Gasteiger partial charge in [0.1, 0.15) is 17.3 Å². The van der Waals surface area contributed by atoms with E-state index in [0.29, 0.717) is 46.6 Å². The largest absolute Gasteiger partial charge is 0.508 e. The Balaban J connectivity index is 1.54. The van der Waals surface area contributed by atoms with E-state index in [0.717, 1.165) is 5.56 Å². The fourth-order valence-electron chi connectivity index (χ4n) is 3.14. The van der Waals surface area contributed by atoms with Crippen LogP contribution in [-0.4, -0.2) is 38.3 Å². The number of phenols is 1. The SMILES string of the molecule is N=C(N)c1ccc2nc(-c3ncccc3C(=O)NCCc3ccc(O)cc3)[nH]c2c1. The van der Waals surface area contributed by atoms with Gasteiger partial charge in [-0.25, -0.2) is 4.98 Å². The highest BCUT2D eigenvalue weighted by Crippen LogP contribution is 2.22. The number of imidazole rings is 1. The molecule has 8 heteroatoms. The number of nitrogen functional groups attached to an aromatic ring is 1. The number of hydrogen-bond donors (Lipinski definition) is 5. The van der Waals surface area contributed by atoms with E-state index in [1.165, 1.54) is 0 Å². The molecule has 0 aliphatic carbocycles. The van der Waals surface area contributed by atoms with Crippen molar-refractivity contribution in [1.29, 1.82) is 5.41 Å². The summed E-state index contributed by atoms with van der Waals surface area (Å²) in [6, 6.07) is 15.5. The molecule has 0 saturated carbocycles. The maximum Gasteiger partial charge on any atom is 0.253 e. The molecule has 6 N–H and O–H groups in total. The van der Waals surface area contributed by atoms with Crippen molar-refractivity contribution in [3.05, 3.63) is 77.5 Å². The normalized spacial score (nSPS) is 10.8. The molecular formula is C22H20N6O2. The summed E-state index contributed by atoms with van der Waals surface area (Å²) in [6.07, 6.45) is 2.25. The van der Waals surface area contributed by atoms with Crippen LogP contribution >= 0.6 is 0 Å². The van der Waals surface area contributed by atoms with Crippen molar-refractivity contribution in [1.82, 2.24) is 20.3 Å². The summed E-state index contributed by atoms with van der Waals surface area (Å²) >= 11 is 0. The summed E-state index contributed by atoms with van der Waals surface area (Å²) in [7, 11) is 0. The molecule has 30 heavy (non-hydrogen) atoms. The van der Waals surface area contributed by atoms with E-state index in [1.54, 1.807) is 48.7 Å². The fraction of sp³-hybridized carbons (Fsp3) is 0.0909. The van der Waals surface area contributed by atoms with Gasteiger partial charge in [0.2, 0.25) is 0 Å². The molecule has 0 unspecified atom stereocenters. The number of carbonyl (C=O) groups excluding carboxylic acids is 1. The summed E-state index contributed by atoms with van der Waals surface area (Å²) < 4.78 is 0. The van der Waals surface area contributed by atoms with E-state index in [-0.39, 0.29) is 17.5 Å². The van der Waals surface area contributed by atoms with Crippen LogP contribution in [0.5, 0.6) is 5.75 Å². The molecule has 0 aliphatic heterocycles. The Labute approximate surface area is 172 Å². The van der Waals surface area contributed by atoms with Crippen molar-refractivity contribution in [3.8, 4) is 17.3 Å². The maximum atomic E-state index is 12.8. The Morgan fingerprint density at radius 2 is 1.97 bits per heavy atom. The smallest absolute Gasteiger partial charge is 0.253 e. The molecule has 2 aromatic carbocycles. The summed E-state index contributed by atoms with van der Waals surface area (Å²) in [5.74, 6) is 0.403. The molecule has 2 heterocycles. The van der Waals surface area contributed by atoms with E-state index in [1.807, 2.05) is 12.1 Å². The number of carbonyl (C=O) groups is 1. The Morgan fingerprint density at radius 1 is 1.17 bits per heavy atom. The second-order valence-corrected chi connectivity index (χ2v) is 6.80. The molecule has 0 aliphatic rings. The third kappa shape index (κ3) is 3.97. The fourth-order valence-corrected chi connectivity index (χ4v) is 3.14. The number of benzene rings is 2. The third-order valence-electron chi connectivity index (χ3n) is 4.71. The molecule has 150 valence electrons. The first-order valence-electron chi connectivity index (χ1n) is 9.37. The minimum Gasteiger partial charge on any atom is -0.508 e. The van der Waals surface area contributed by atoms with Crippen molar-refractivity contribution in [3.63, 3.8) is 0 Å². The number of nitrogens with one attached hydrogen (secondary N) is 3. The minimum atomic E-state index is -0.248. The zero-order valence-corrected chi connectivity index (χ0v) is 16.0. The van der Waals surface area contributed by atoms with E-state index < -0.39 is 0 Å². The van der Waals surface area contributed by atoms with Gasteiger partial charge in [-0.05, 0) is 54.4 Å². The Kier molecular flexibility index (Phi) is 5.13. The van der Waals surface area contributed by atoms with Gasteiger partial charge in [0.15, 0.2) is 5.82 Å². The lowest BCUT2D eigenvalue weighted by atomic mass is 10.1. The molecule has 4 aromatic rings. The molecule has 0 fully saturated rings. The number of aromatic nitrogens is 3. The molecular weight excluding hydrogens is 380 g/mol. The number of amidine groups is 1. The van der Waals surface area contributed by atoms with Gasteiger partial charge in [0.25, 0.3) is 5.91 Å². The lowest BCUT2D eigenvalue weighted by molar-refractivity contribution is 0.0954. The predicted molar refractivity (Wildman–Crippen MR) is 114 cm³/mol. The van der Waals surface area contributed by atoms with E-state index >= 15 is 0 Å². The Morgan fingerprint density at radius 3 is 2.73 bits per heavy atom. The highest BCUT2D eigenvalue weighted by molar-refractivity contribution is 6.00. The van der Waals surface area contributed by atoms with Crippen molar-refractivity contribution in [2.45, 2.75) is 6.42 Å². The van der Waals surface area contributed by atoms with Crippen LogP contribution in [0, 0.1) is 5.41 Å². The monoisotopic (exact) mass is 400 g/mol. The Hall–Kier alpha value is -4.20. The molecule has 0 saturated heterocycles. The van der Waals surface area contributed by atoms with Gasteiger partial charge in [-0.1, -0.05) is 12.1 Å². The summed E-state index contributed by atoms with van der Waals surface area (Å²) in [6.45, 7) is 0.444. The number of rotatable bonds is 6. The lowest BCUT2D eigenvalue weighted by Crippen LogP contribution is -2.26. The standard InChI is InChI=1S/C22H20N6O2/c23-20(24)14-5-8-17-18(12-14)28-21(27-17)19-16(2-1-10-25-19)22(30)26-11-9-13-3-6-15(29)7-4-13/h1-8,10,12,29H,9,11H2,(H3,23,24)(H,26,30)(H,27,28). The summed E-state index contributed by atoms with van der Waals surface area (Å²) in [4.78, 5) is 24.8. The van der Waals surface area contributed by atoms with Crippen LogP contribution in [-0.2, 0) is 6.42 Å². The van der Waals surface area contributed by atoms with Crippen molar-refractivity contribution < 1.29 is 9.90 Å². The zero-order valence-electron chi connectivity index (χ0n) is 16.0. The quantitative estimate of drug-likeness (QED) is 0.250. The number of nitrogens with zero attached hydrogens (tertiary/aromatic N) is 2. The van der Waals surface area contributed by atoms with Crippen LogP contribution in [0.15, 0.2) is 60.8 Å². The Bertz CT molecular complexity index is 1230. The van der Waals surface area contributed by atoms with Crippen LogP contribution in [0.1, 0.15) is 21.5 Å². The van der Waals surface area contributed by atoms with Crippen LogP contribution in [0.3, 0.4) is 0 Å². The van der Waals surface area contributed by atoms with Crippen LogP contribution in [0.25, 0.3) is 22.6 Å². The number of H-pyrrole nitrogens is 1. The van der Waals surface area contributed by atoms with Gasteiger partial charge < -0.3 is 21.1 Å². The number of aromatic amines is 1. The number of pyridine rings is 1. The first-order chi connectivity index (χ1) is 14.5. The van der Waals surface area contributed by atoms with Crippen LogP contribution in [0.4, 0.5) is 0 Å². The number of phenolic OH excluding ortho intramolecular Hbond substituents is 1. The van der Waals surface area contributed by atoms with Crippen molar-refractivity contribution >= 4 is 22.8 Å². The number of hydrogen-bond acceptors (Lipinski definition) is 5. The number of amides is 1. The first-order valence-corrected chi connectivity index (χ1v) is 9.37. The third-order valence-corrected chi connectivity index (χ3v) is 4.71. The predicted octanol–water partition coefficient (Wildman–Crippen LogP) is 2.59.